The topological polar surface area (TPSA) is 0 Å². The van der Waals surface area contributed by atoms with Gasteiger partial charge in [0, 0.05) is 0 Å². The van der Waals surface area contributed by atoms with Gasteiger partial charge in [-0.1, -0.05) is 35.4 Å². The van der Waals surface area contributed by atoms with Crippen molar-refractivity contribution < 1.29 is 17.0 Å². The van der Waals surface area contributed by atoms with Crippen LogP contribution in [0.15, 0.2) is 48.5 Å². The molecule has 0 saturated carbocycles. The molecule has 2 rings (SSSR count). The molecule has 0 radical (unpaired) electrons. The van der Waals surface area contributed by atoms with Gasteiger partial charge >= 0.3 is 23.1 Å². The van der Waals surface area contributed by atoms with E-state index in [1.807, 2.05) is 18.2 Å². The van der Waals surface area contributed by atoms with Crippen molar-refractivity contribution in [2.45, 2.75) is 6.92 Å². The van der Waals surface area contributed by atoms with E-state index in [1.165, 1.54) is 11.1 Å². The Kier molecular flexibility index (Phi) is 6.89. The molecule has 0 atom stereocenters. The summed E-state index contributed by atoms with van der Waals surface area (Å²) in [6.07, 6.45) is 0. The largest absolute Gasteiger partial charge is 2.00 e. The van der Waals surface area contributed by atoms with E-state index in [2.05, 4.69) is 43.3 Å². The molecule has 0 amide bonds. The molecule has 0 aliphatic carbocycles. The fraction of sp³-hybridized carbons (Fsp3) is 0.0769. The van der Waals surface area contributed by atoms with Crippen LogP contribution in [-0.4, -0.2) is 23.1 Å². The van der Waals surface area contributed by atoms with Crippen molar-refractivity contribution in [2.75, 3.05) is 0 Å². The number of halogens is 1. The zero-order valence-electron chi connectivity index (χ0n) is 8.70. The standard InChI is InChI=1S/C13H11.BrH.Mg/c1-11-6-5-9-13(10-11)12-7-3-2-4-8-12;;/h2-7,9-10H,1H3;1H;/q-1;;+2/p-1. The number of hydrogen-bond donors (Lipinski definition) is 0. The SMILES string of the molecule is Cc1cccc(-c2[c-]cccc2)c1.[Br-].[Mg+2]. The quantitative estimate of drug-likeness (QED) is 0.509. The third kappa shape index (κ3) is 3.97. The Morgan fingerprint density at radius 3 is 2.40 bits per heavy atom. The van der Waals surface area contributed by atoms with Crippen LogP contribution in [0.4, 0.5) is 0 Å². The molecule has 0 fully saturated rings. The fourth-order valence-electron chi connectivity index (χ4n) is 1.39. The van der Waals surface area contributed by atoms with Crippen LogP contribution >= 0.6 is 0 Å². The number of aryl methyl sites for hydroxylation is 1. The van der Waals surface area contributed by atoms with Gasteiger partial charge in [0.1, 0.15) is 0 Å². The van der Waals surface area contributed by atoms with Crippen LogP contribution in [0.1, 0.15) is 5.56 Å². The summed E-state index contributed by atoms with van der Waals surface area (Å²) in [6, 6.07) is 19.7. The molecule has 15 heavy (non-hydrogen) atoms. The third-order valence-electron chi connectivity index (χ3n) is 2.04. The first kappa shape index (κ1) is 14.7. The van der Waals surface area contributed by atoms with Crippen molar-refractivity contribution in [3.8, 4) is 11.1 Å². The average molecular weight is 271 g/mol. The molecule has 0 heterocycles. The summed E-state index contributed by atoms with van der Waals surface area (Å²) in [7, 11) is 0. The molecule has 0 aliphatic heterocycles. The maximum atomic E-state index is 3.21. The smallest absolute Gasteiger partial charge is 1.00 e. The second-order valence-electron chi connectivity index (χ2n) is 3.15. The summed E-state index contributed by atoms with van der Waals surface area (Å²) in [4.78, 5) is 0. The fourth-order valence-corrected chi connectivity index (χ4v) is 1.39. The van der Waals surface area contributed by atoms with Crippen LogP contribution in [0.5, 0.6) is 0 Å². The molecule has 0 aromatic heterocycles. The Morgan fingerprint density at radius 2 is 1.80 bits per heavy atom. The molecule has 0 bridgehead atoms. The number of hydrogen-bond acceptors (Lipinski definition) is 0. The molecule has 0 aliphatic rings. The number of rotatable bonds is 1. The van der Waals surface area contributed by atoms with Crippen LogP contribution in [-0.2, 0) is 0 Å². The molecular formula is C13H11BrMg. The van der Waals surface area contributed by atoms with Crippen molar-refractivity contribution in [2.24, 2.45) is 0 Å². The van der Waals surface area contributed by atoms with Crippen molar-refractivity contribution in [1.29, 1.82) is 0 Å². The van der Waals surface area contributed by atoms with E-state index in [9.17, 15) is 0 Å². The Hall–Kier alpha value is -0.314. The van der Waals surface area contributed by atoms with Crippen LogP contribution in [0.2, 0.25) is 0 Å². The zero-order chi connectivity index (χ0) is 9.10. The van der Waals surface area contributed by atoms with E-state index < -0.39 is 0 Å². The predicted octanol–water partition coefficient (Wildman–Crippen LogP) is 0.0854. The first-order valence-electron chi connectivity index (χ1n) is 4.40. The second-order valence-corrected chi connectivity index (χ2v) is 3.15. The van der Waals surface area contributed by atoms with E-state index in [0.717, 1.165) is 5.56 Å². The molecule has 0 N–H and O–H groups in total. The predicted molar refractivity (Wildman–Crippen MR) is 61.2 cm³/mol. The minimum Gasteiger partial charge on any atom is -1.00 e. The van der Waals surface area contributed by atoms with Gasteiger partial charge in [-0.15, -0.1) is 35.9 Å². The monoisotopic (exact) mass is 270 g/mol. The minimum absolute atomic E-state index is 0. The first-order chi connectivity index (χ1) is 6.36. The summed E-state index contributed by atoms with van der Waals surface area (Å²) >= 11 is 0. The van der Waals surface area contributed by atoms with Crippen molar-refractivity contribution in [3.63, 3.8) is 0 Å². The van der Waals surface area contributed by atoms with E-state index in [1.54, 1.807) is 0 Å². The van der Waals surface area contributed by atoms with Gasteiger partial charge in [-0.25, -0.2) is 0 Å². The molecule has 0 spiro atoms. The van der Waals surface area contributed by atoms with Crippen LogP contribution in [0.25, 0.3) is 11.1 Å². The summed E-state index contributed by atoms with van der Waals surface area (Å²) in [6.45, 7) is 2.10. The molecular weight excluding hydrogens is 260 g/mol. The third-order valence-corrected chi connectivity index (χ3v) is 2.04. The van der Waals surface area contributed by atoms with E-state index >= 15 is 0 Å². The van der Waals surface area contributed by atoms with Gasteiger partial charge in [-0.05, 0) is 6.92 Å². The zero-order valence-corrected chi connectivity index (χ0v) is 11.7. The second kappa shape index (κ2) is 7.04. The van der Waals surface area contributed by atoms with Crippen LogP contribution < -0.4 is 17.0 Å². The molecule has 72 valence electrons. The minimum atomic E-state index is 0. The summed E-state index contributed by atoms with van der Waals surface area (Å²) in [5.74, 6) is 0. The normalized spacial score (nSPS) is 8.60. The van der Waals surface area contributed by atoms with Gasteiger partial charge in [0.05, 0.1) is 0 Å². The van der Waals surface area contributed by atoms with Gasteiger partial charge in [-0.3, -0.25) is 0 Å². The Bertz CT molecular complexity index is 398. The van der Waals surface area contributed by atoms with Crippen molar-refractivity contribution in [3.05, 3.63) is 60.2 Å². The van der Waals surface area contributed by atoms with Gasteiger partial charge in [0.25, 0.3) is 0 Å². The summed E-state index contributed by atoms with van der Waals surface area (Å²) in [5, 5.41) is 0. The first-order valence-corrected chi connectivity index (χ1v) is 4.40. The molecule has 2 aromatic rings. The average Bonchev–Trinajstić information content (AvgIpc) is 2.19. The van der Waals surface area contributed by atoms with E-state index in [4.69, 9.17) is 0 Å². The summed E-state index contributed by atoms with van der Waals surface area (Å²) in [5.41, 5.74) is 3.68. The number of benzene rings is 2. The van der Waals surface area contributed by atoms with Crippen LogP contribution in [0.3, 0.4) is 0 Å². The van der Waals surface area contributed by atoms with E-state index in [-0.39, 0.29) is 40.0 Å². The van der Waals surface area contributed by atoms with Gasteiger partial charge in [0.2, 0.25) is 0 Å². The maximum absolute atomic E-state index is 3.21. The maximum Gasteiger partial charge on any atom is 2.00 e. The summed E-state index contributed by atoms with van der Waals surface area (Å²) < 4.78 is 0. The Morgan fingerprint density at radius 1 is 1.00 bits per heavy atom. The molecule has 0 nitrogen and oxygen atoms in total. The molecule has 2 heteroatoms. The molecule has 0 unspecified atom stereocenters. The van der Waals surface area contributed by atoms with Gasteiger partial charge < -0.3 is 17.0 Å². The Labute approximate surface area is 118 Å². The molecule has 0 saturated heterocycles. The molecule has 2 aromatic carbocycles. The van der Waals surface area contributed by atoms with Gasteiger partial charge in [-0.2, -0.15) is 0 Å². The van der Waals surface area contributed by atoms with Gasteiger partial charge in [0.15, 0.2) is 0 Å². The van der Waals surface area contributed by atoms with Crippen LogP contribution in [0, 0.1) is 13.0 Å². The van der Waals surface area contributed by atoms with Crippen molar-refractivity contribution in [1.82, 2.24) is 0 Å². The Balaban J connectivity index is 0.000000980. The van der Waals surface area contributed by atoms with E-state index in [0.29, 0.717) is 0 Å². The van der Waals surface area contributed by atoms with Crippen molar-refractivity contribution >= 4 is 23.1 Å².